The van der Waals surface area contributed by atoms with Crippen LogP contribution in [0.2, 0.25) is 0 Å². The molecule has 1 saturated carbocycles. The molecule has 8 heteroatoms. The van der Waals surface area contributed by atoms with Crippen molar-refractivity contribution in [3.63, 3.8) is 0 Å². The standard InChI is InChI=1S/C25H28FN3O4/c1-15-24(21(13-30)29(2)28-15)18-7-9-22(33-14-16-4-5-16)19(11-18)25(31)27-12-17-6-8-23(32-3)20(26)10-17/h6-11,16,30H,4-5,12-14H2,1-3H3,(H,27,31). The summed E-state index contributed by atoms with van der Waals surface area (Å²) in [5, 5.41) is 17.1. The van der Waals surface area contributed by atoms with Crippen molar-refractivity contribution in [2.75, 3.05) is 13.7 Å². The topological polar surface area (TPSA) is 85.6 Å². The minimum atomic E-state index is -0.483. The zero-order valence-corrected chi connectivity index (χ0v) is 19.0. The molecule has 1 amide bonds. The molecule has 2 aromatic carbocycles. The zero-order chi connectivity index (χ0) is 23.5. The SMILES string of the molecule is COc1ccc(CNC(=O)c2cc(-c3c(C)nn(C)c3CO)ccc2OCC2CC2)cc1F. The highest BCUT2D eigenvalue weighted by atomic mass is 19.1. The average Bonchev–Trinajstić information content (AvgIpc) is 3.59. The number of nitrogens with one attached hydrogen (secondary N) is 1. The van der Waals surface area contributed by atoms with Gasteiger partial charge in [0.2, 0.25) is 0 Å². The third-order valence-corrected chi connectivity index (χ3v) is 5.84. The molecule has 1 aromatic heterocycles. The maximum atomic E-state index is 14.0. The van der Waals surface area contributed by atoms with Crippen LogP contribution >= 0.6 is 0 Å². The summed E-state index contributed by atoms with van der Waals surface area (Å²) in [4.78, 5) is 13.2. The van der Waals surface area contributed by atoms with E-state index in [4.69, 9.17) is 9.47 Å². The Hall–Kier alpha value is -3.39. The highest BCUT2D eigenvalue weighted by Gasteiger charge is 2.24. The van der Waals surface area contributed by atoms with Gasteiger partial charge in [-0.15, -0.1) is 0 Å². The Kier molecular flexibility index (Phi) is 6.65. The molecule has 1 heterocycles. The molecule has 4 rings (SSSR count). The number of aryl methyl sites for hydroxylation is 2. The van der Waals surface area contributed by atoms with E-state index in [0.29, 0.717) is 35.1 Å². The molecule has 2 N–H and O–H groups in total. The van der Waals surface area contributed by atoms with E-state index in [2.05, 4.69) is 10.4 Å². The fraction of sp³-hybridized carbons (Fsp3) is 0.360. The smallest absolute Gasteiger partial charge is 0.255 e. The predicted molar refractivity (Wildman–Crippen MR) is 122 cm³/mol. The molecule has 1 fully saturated rings. The van der Waals surface area contributed by atoms with Gasteiger partial charge in [-0.05, 0) is 61.1 Å². The van der Waals surface area contributed by atoms with E-state index < -0.39 is 5.82 Å². The van der Waals surface area contributed by atoms with Crippen LogP contribution in [0.4, 0.5) is 4.39 Å². The number of nitrogens with zero attached hydrogens (tertiary/aromatic N) is 2. The number of ether oxygens (including phenoxy) is 2. The number of aromatic nitrogens is 2. The molecule has 0 saturated heterocycles. The van der Waals surface area contributed by atoms with Crippen LogP contribution in [-0.4, -0.2) is 34.5 Å². The van der Waals surface area contributed by atoms with Crippen molar-refractivity contribution in [3.8, 4) is 22.6 Å². The summed E-state index contributed by atoms with van der Waals surface area (Å²) in [6.07, 6.45) is 2.27. The molecule has 0 bridgehead atoms. The van der Waals surface area contributed by atoms with Crippen molar-refractivity contribution in [3.05, 3.63) is 64.7 Å². The molecule has 0 unspecified atom stereocenters. The third kappa shape index (κ3) is 5.01. The lowest BCUT2D eigenvalue weighted by Crippen LogP contribution is -2.24. The van der Waals surface area contributed by atoms with Gasteiger partial charge in [-0.1, -0.05) is 12.1 Å². The van der Waals surface area contributed by atoms with Crippen LogP contribution in [0.5, 0.6) is 11.5 Å². The Balaban J connectivity index is 1.61. The Morgan fingerprint density at radius 2 is 2.00 bits per heavy atom. The number of hydrogen-bond acceptors (Lipinski definition) is 5. The molecule has 1 aliphatic carbocycles. The normalized spacial score (nSPS) is 13.1. The van der Waals surface area contributed by atoms with Gasteiger partial charge in [0.15, 0.2) is 11.6 Å². The molecule has 1 aliphatic rings. The number of aliphatic hydroxyl groups is 1. The van der Waals surface area contributed by atoms with Gasteiger partial charge in [0.1, 0.15) is 5.75 Å². The molecule has 0 atom stereocenters. The number of methoxy groups -OCH3 is 1. The summed E-state index contributed by atoms with van der Waals surface area (Å²) in [5.74, 6) is 0.370. The van der Waals surface area contributed by atoms with E-state index >= 15 is 0 Å². The largest absolute Gasteiger partial charge is 0.494 e. The molecule has 0 spiro atoms. The van der Waals surface area contributed by atoms with Gasteiger partial charge >= 0.3 is 0 Å². The molecule has 3 aromatic rings. The molecule has 174 valence electrons. The first-order valence-electron chi connectivity index (χ1n) is 10.9. The van der Waals surface area contributed by atoms with E-state index in [9.17, 15) is 14.3 Å². The molecule has 0 radical (unpaired) electrons. The Labute approximate surface area is 192 Å². The minimum Gasteiger partial charge on any atom is -0.494 e. The second kappa shape index (κ2) is 9.62. The number of carbonyl (C=O) groups is 1. The van der Waals surface area contributed by atoms with Crippen molar-refractivity contribution in [2.24, 2.45) is 13.0 Å². The fourth-order valence-corrected chi connectivity index (χ4v) is 3.84. The molecular formula is C25H28FN3O4. The van der Waals surface area contributed by atoms with Crippen LogP contribution in [0.15, 0.2) is 36.4 Å². The van der Waals surface area contributed by atoms with Crippen LogP contribution in [-0.2, 0) is 20.2 Å². The van der Waals surface area contributed by atoms with Crippen molar-refractivity contribution in [1.82, 2.24) is 15.1 Å². The van der Waals surface area contributed by atoms with Gasteiger partial charge in [0.05, 0.1) is 37.3 Å². The summed E-state index contributed by atoms with van der Waals surface area (Å²) in [6, 6.07) is 10.00. The highest BCUT2D eigenvalue weighted by molar-refractivity contribution is 5.98. The van der Waals surface area contributed by atoms with Gasteiger partial charge in [-0.25, -0.2) is 4.39 Å². The summed E-state index contributed by atoms with van der Waals surface area (Å²) < 4.78 is 26.6. The highest BCUT2D eigenvalue weighted by Crippen LogP contribution is 2.34. The molecular weight excluding hydrogens is 425 g/mol. The van der Waals surface area contributed by atoms with E-state index in [0.717, 1.165) is 29.7 Å². The summed E-state index contributed by atoms with van der Waals surface area (Å²) in [7, 11) is 3.18. The first kappa shape index (κ1) is 22.8. The van der Waals surface area contributed by atoms with Crippen molar-refractivity contribution < 1.29 is 23.8 Å². The first-order chi connectivity index (χ1) is 15.9. The minimum absolute atomic E-state index is 0.153. The third-order valence-electron chi connectivity index (χ3n) is 5.84. The van der Waals surface area contributed by atoms with Gasteiger partial charge in [-0.2, -0.15) is 5.10 Å². The lowest BCUT2D eigenvalue weighted by atomic mass is 10.00. The van der Waals surface area contributed by atoms with Crippen LogP contribution in [0.25, 0.3) is 11.1 Å². The fourth-order valence-electron chi connectivity index (χ4n) is 3.84. The summed E-state index contributed by atoms with van der Waals surface area (Å²) >= 11 is 0. The van der Waals surface area contributed by atoms with Crippen molar-refractivity contribution >= 4 is 5.91 Å². The van der Waals surface area contributed by atoms with E-state index in [-0.39, 0.29) is 24.8 Å². The lowest BCUT2D eigenvalue weighted by Gasteiger charge is -2.14. The van der Waals surface area contributed by atoms with E-state index in [1.54, 1.807) is 29.9 Å². The molecule has 33 heavy (non-hydrogen) atoms. The first-order valence-corrected chi connectivity index (χ1v) is 10.9. The number of benzene rings is 2. The van der Waals surface area contributed by atoms with Crippen LogP contribution in [0.3, 0.4) is 0 Å². The van der Waals surface area contributed by atoms with Crippen molar-refractivity contribution in [2.45, 2.75) is 32.9 Å². The second-order valence-corrected chi connectivity index (χ2v) is 8.31. The number of rotatable bonds is 9. The predicted octanol–water partition coefficient (Wildman–Crippen LogP) is 3.75. The van der Waals surface area contributed by atoms with Crippen LogP contribution in [0, 0.1) is 18.7 Å². The van der Waals surface area contributed by atoms with Gasteiger partial charge in [0, 0.05) is 19.2 Å². The number of hydrogen-bond donors (Lipinski definition) is 2. The lowest BCUT2D eigenvalue weighted by molar-refractivity contribution is 0.0946. The quantitative estimate of drug-likeness (QED) is 0.515. The van der Waals surface area contributed by atoms with Gasteiger partial charge in [-0.3, -0.25) is 9.48 Å². The molecule has 0 aliphatic heterocycles. The van der Waals surface area contributed by atoms with Crippen molar-refractivity contribution in [1.29, 1.82) is 0 Å². The van der Waals surface area contributed by atoms with E-state index in [1.807, 2.05) is 13.0 Å². The summed E-state index contributed by atoms with van der Waals surface area (Å²) in [6.45, 7) is 2.41. The maximum Gasteiger partial charge on any atom is 0.255 e. The molecule has 7 nitrogen and oxygen atoms in total. The maximum absolute atomic E-state index is 14.0. The van der Waals surface area contributed by atoms with Gasteiger partial charge < -0.3 is 19.9 Å². The number of amides is 1. The Morgan fingerprint density at radius 3 is 2.67 bits per heavy atom. The number of halogens is 1. The van der Waals surface area contributed by atoms with E-state index in [1.165, 1.54) is 19.2 Å². The summed E-state index contributed by atoms with van der Waals surface area (Å²) in [5.41, 5.74) is 3.98. The monoisotopic (exact) mass is 453 g/mol. The average molecular weight is 454 g/mol. The number of aliphatic hydroxyl groups excluding tert-OH is 1. The zero-order valence-electron chi connectivity index (χ0n) is 19.0. The second-order valence-electron chi connectivity index (χ2n) is 8.31. The van der Waals surface area contributed by atoms with Crippen LogP contribution < -0.4 is 14.8 Å². The Bertz CT molecular complexity index is 1170. The van der Waals surface area contributed by atoms with Gasteiger partial charge in [0.25, 0.3) is 5.91 Å². The Morgan fingerprint density at radius 1 is 1.24 bits per heavy atom. The van der Waals surface area contributed by atoms with Crippen LogP contribution in [0.1, 0.15) is 40.2 Å². The number of carbonyl (C=O) groups excluding carboxylic acids is 1.